The Morgan fingerprint density at radius 2 is 1.87 bits per heavy atom. The lowest BCUT2D eigenvalue weighted by molar-refractivity contribution is -0.127. The number of hydrogen-bond donors (Lipinski definition) is 3. The molecule has 5 N–H and O–H groups in total. The quantitative estimate of drug-likeness (QED) is 0.597. The SMILES string of the molecule is CCC(=O)N1c2ccccc2[C@H](NC(CCC(N)=O)(C(N)=O)c2ccccn2)C[C@@H]1C. The monoisotopic (exact) mass is 423 g/mol. The number of primary amides is 2. The molecular formula is C23H29N5O3. The van der Waals surface area contributed by atoms with Gasteiger partial charge in [0, 0.05) is 36.8 Å². The summed E-state index contributed by atoms with van der Waals surface area (Å²) in [6, 6.07) is 12.5. The summed E-state index contributed by atoms with van der Waals surface area (Å²) >= 11 is 0. The first-order chi connectivity index (χ1) is 14.8. The predicted molar refractivity (Wildman–Crippen MR) is 118 cm³/mol. The number of benzene rings is 1. The summed E-state index contributed by atoms with van der Waals surface area (Å²) in [5, 5.41) is 3.42. The summed E-state index contributed by atoms with van der Waals surface area (Å²) in [5.74, 6) is -1.12. The second-order valence-corrected chi connectivity index (χ2v) is 7.91. The third kappa shape index (κ3) is 4.44. The lowest BCUT2D eigenvalue weighted by Gasteiger charge is -2.43. The highest BCUT2D eigenvalue weighted by molar-refractivity contribution is 5.95. The molecule has 0 saturated heterocycles. The maximum atomic E-state index is 12.8. The average Bonchev–Trinajstić information content (AvgIpc) is 2.76. The number of rotatable bonds is 8. The van der Waals surface area contributed by atoms with Gasteiger partial charge >= 0.3 is 0 Å². The molecule has 1 aliphatic rings. The van der Waals surface area contributed by atoms with Gasteiger partial charge in [-0.25, -0.2) is 0 Å². The van der Waals surface area contributed by atoms with Gasteiger partial charge in [0.25, 0.3) is 0 Å². The van der Waals surface area contributed by atoms with Crippen molar-refractivity contribution in [3.63, 3.8) is 0 Å². The molecular weight excluding hydrogens is 394 g/mol. The van der Waals surface area contributed by atoms with Gasteiger partial charge in [0.2, 0.25) is 17.7 Å². The smallest absolute Gasteiger partial charge is 0.243 e. The zero-order valence-electron chi connectivity index (χ0n) is 17.9. The molecule has 0 saturated carbocycles. The van der Waals surface area contributed by atoms with Crippen LogP contribution in [-0.4, -0.2) is 28.7 Å². The lowest BCUT2D eigenvalue weighted by atomic mass is 9.83. The van der Waals surface area contributed by atoms with E-state index in [2.05, 4.69) is 10.3 Å². The van der Waals surface area contributed by atoms with Crippen molar-refractivity contribution in [3.8, 4) is 0 Å². The molecule has 31 heavy (non-hydrogen) atoms. The zero-order valence-corrected chi connectivity index (χ0v) is 17.9. The van der Waals surface area contributed by atoms with Crippen LogP contribution >= 0.6 is 0 Å². The molecule has 2 heterocycles. The van der Waals surface area contributed by atoms with E-state index in [1.807, 2.05) is 43.0 Å². The van der Waals surface area contributed by atoms with E-state index in [1.165, 1.54) is 0 Å². The van der Waals surface area contributed by atoms with Crippen LogP contribution in [0.4, 0.5) is 5.69 Å². The van der Waals surface area contributed by atoms with E-state index >= 15 is 0 Å². The van der Waals surface area contributed by atoms with Gasteiger partial charge in [0.1, 0.15) is 5.54 Å². The van der Waals surface area contributed by atoms with Crippen molar-refractivity contribution in [2.45, 2.75) is 57.2 Å². The molecule has 0 spiro atoms. The fourth-order valence-corrected chi connectivity index (χ4v) is 4.32. The Hall–Kier alpha value is -3.26. The van der Waals surface area contributed by atoms with Crippen LogP contribution in [0.3, 0.4) is 0 Å². The predicted octanol–water partition coefficient (Wildman–Crippen LogP) is 1.89. The molecule has 1 aromatic carbocycles. The fourth-order valence-electron chi connectivity index (χ4n) is 4.32. The number of carbonyl (C=O) groups excluding carboxylic acids is 3. The minimum Gasteiger partial charge on any atom is -0.370 e. The normalized spacial score (nSPS) is 19.9. The summed E-state index contributed by atoms with van der Waals surface area (Å²) in [6.07, 6.45) is 2.60. The van der Waals surface area contributed by atoms with Gasteiger partial charge in [-0.1, -0.05) is 31.2 Å². The summed E-state index contributed by atoms with van der Waals surface area (Å²) < 4.78 is 0. The molecule has 1 aromatic heterocycles. The second kappa shape index (κ2) is 9.26. The first kappa shape index (κ1) is 22.4. The highest BCUT2D eigenvalue weighted by Crippen LogP contribution is 2.40. The Kier molecular flexibility index (Phi) is 6.70. The highest BCUT2D eigenvalue weighted by atomic mass is 16.2. The van der Waals surface area contributed by atoms with Crippen molar-refractivity contribution in [2.75, 3.05) is 4.90 Å². The Labute approximate surface area is 182 Å². The van der Waals surface area contributed by atoms with Crippen LogP contribution in [0.25, 0.3) is 0 Å². The summed E-state index contributed by atoms with van der Waals surface area (Å²) in [5.41, 5.74) is 12.0. The molecule has 0 fully saturated rings. The Morgan fingerprint density at radius 3 is 2.48 bits per heavy atom. The molecule has 0 bridgehead atoms. The van der Waals surface area contributed by atoms with Crippen molar-refractivity contribution >= 4 is 23.4 Å². The molecule has 2 aromatic rings. The van der Waals surface area contributed by atoms with E-state index in [4.69, 9.17) is 11.5 Å². The van der Waals surface area contributed by atoms with Crippen LogP contribution in [0.1, 0.15) is 56.8 Å². The summed E-state index contributed by atoms with van der Waals surface area (Å²) in [7, 11) is 0. The van der Waals surface area contributed by atoms with Crippen LogP contribution in [-0.2, 0) is 19.9 Å². The van der Waals surface area contributed by atoms with Gasteiger partial charge < -0.3 is 16.4 Å². The standard InChI is InChI=1S/C23H29N5O3/c1-3-21(30)28-15(2)14-17(16-8-4-5-9-18(16)28)27-23(22(25)31,12-11-20(24)29)19-10-6-7-13-26-19/h4-10,13,15,17,27H,3,11-12,14H2,1-2H3,(H2,24,29)(H2,25,31)/t15-,17+,23?/m0/s1. The minimum absolute atomic E-state index is 0.0309. The number of nitrogens with one attached hydrogen (secondary N) is 1. The summed E-state index contributed by atoms with van der Waals surface area (Å²) in [4.78, 5) is 43.2. The number of nitrogens with two attached hydrogens (primary N) is 2. The van der Waals surface area contributed by atoms with Crippen LogP contribution < -0.4 is 21.7 Å². The number of anilines is 1. The van der Waals surface area contributed by atoms with E-state index < -0.39 is 17.4 Å². The number of hydrogen-bond acceptors (Lipinski definition) is 5. The van der Waals surface area contributed by atoms with Crippen molar-refractivity contribution < 1.29 is 14.4 Å². The number of nitrogens with zero attached hydrogens (tertiary/aromatic N) is 2. The maximum Gasteiger partial charge on any atom is 0.243 e. The lowest BCUT2D eigenvalue weighted by Crippen LogP contribution is -2.56. The van der Waals surface area contributed by atoms with Gasteiger partial charge in [-0.2, -0.15) is 0 Å². The molecule has 0 aliphatic carbocycles. The van der Waals surface area contributed by atoms with E-state index in [-0.39, 0.29) is 30.8 Å². The second-order valence-electron chi connectivity index (χ2n) is 7.91. The van der Waals surface area contributed by atoms with Gasteiger partial charge in [0.05, 0.1) is 5.69 Å². The molecule has 1 unspecified atom stereocenters. The van der Waals surface area contributed by atoms with Crippen molar-refractivity contribution in [3.05, 3.63) is 59.9 Å². The largest absolute Gasteiger partial charge is 0.370 e. The number of aromatic nitrogens is 1. The number of para-hydroxylation sites is 1. The van der Waals surface area contributed by atoms with Gasteiger partial charge in [-0.05, 0) is 43.5 Å². The van der Waals surface area contributed by atoms with Crippen LogP contribution in [0.15, 0.2) is 48.7 Å². The van der Waals surface area contributed by atoms with Crippen molar-refractivity contribution in [2.24, 2.45) is 11.5 Å². The number of amides is 3. The van der Waals surface area contributed by atoms with E-state index in [0.29, 0.717) is 18.5 Å². The molecule has 3 atom stereocenters. The van der Waals surface area contributed by atoms with Crippen molar-refractivity contribution in [1.82, 2.24) is 10.3 Å². The van der Waals surface area contributed by atoms with Crippen molar-refractivity contribution in [1.29, 1.82) is 0 Å². The van der Waals surface area contributed by atoms with Crippen LogP contribution in [0.2, 0.25) is 0 Å². The molecule has 8 heteroatoms. The maximum absolute atomic E-state index is 12.8. The van der Waals surface area contributed by atoms with E-state index in [1.54, 1.807) is 24.4 Å². The molecule has 8 nitrogen and oxygen atoms in total. The van der Waals surface area contributed by atoms with Gasteiger partial charge in [0.15, 0.2) is 0 Å². The third-order valence-corrected chi connectivity index (χ3v) is 5.85. The summed E-state index contributed by atoms with van der Waals surface area (Å²) in [6.45, 7) is 3.82. The molecule has 3 amide bonds. The number of fused-ring (bicyclic) bond motifs is 1. The Morgan fingerprint density at radius 1 is 1.16 bits per heavy atom. The number of pyridine rings is 1. The van der Waals surface area contributed by atoms with Gasteiger partial charge in [-0.15, -0.1) is 0 Å². The minimum atomic E-state index is -1.38. The molecule has 3 rings (SSSR count). The fraction of sp³-hybridized carbons (Fsp3) is 0.391. The highest BCUT2D eigenvalue weighted by Gasteiger charge is 2.44. The molecule has 164 valence electrons. The first-order valence-electron chi connectivity index (χ1n) is 10.5. The van der Waals surface area contributed by atoms with E-state index in [9.17, 15) is 14.4 Å². The van der Waals surface area contributed by atoms with Gasteiger partial charge in [-0.3, -0.25) is 24.7 Å². The zero-order chi connectivity index (χ0) is 22.6. The number of carbonyl (C=O) groups is 3. The Balaban J connectivity index is 2.07. The molecule has 0 radical (unpaired) electrons. The van der Waals surface area contributed by atoms with E-state index in [0.717, 1.165) is 11.3 Å². The van der Waals surface area contributed by atoms with Crippen LogP contribution in [0.5, 0.6) is 0 Å². The third-order valence-electron chi connectivity index (χ3n) is 5.85. The average molecular weight is 424 g/mol. The molecule has 1 aliphatic heterocycles. The topological polar surface area (TPSA) is 131 Å². The Bertz CT molecular complexity index is 965. The first-order valence-corrected chi connectivity index (χ1v) is 10.5. The van der Waals surface area contributed by atoms with Crippen LogP contribution in [0, 0.1) is 0 Å².